The first-order valence-electron chi connectivity index (χ1n) is 4.98. The van der Waals surface area contributed by atoms with Crippen molar-refractivity contribution in [3.8, 4) is 0 Å². The first kappa shape index (κ1) is 10.1. The van der Waals surface area contributed by atoms with E-state index in [1.54, 1.807) is 6.92 Å². The van der Waals surface area contributed by atoms with Gasteiger partial charge in [-0.05, 0) is 19.1 Å². The molecule has 0 bridgehead atoms. The van der Waals surface area contributed by atoms with E-state index in [1.807, 2.05) is 36.4 Å². The topological polar surface area (TPSA) is 59.1 Å². The zero-order valence-electron chi connectivity index (χ0n) is 8.59. The fourth-order valence-electron chi connectivity index (χ4n) is 1.51. The highest BCUT2D eigenvalue weighted by atomic mass is 16.3. The summed E-state index contributed by atoms with van der Waals surface area (Å²) < 4.78 is 0. The summed E-state index contributed by atoms with van der Waals surface area (Å²) in [4.78, 5) is 4.41. The average molecular weight is 202 g/mol. The lowest BCUT2D eigenvalue weighted by atomic mass is 10.1. The minimum atomic E-state index is -0.585. The maximum Gasteiger partial charge on any atom is 0.0731 e. The number of hydrogen-bond acceptors (Lipinski definition) is 3. The van der Waals surface area contributed by atoms with Gasteiger partial charge < -0.3 is 10.8 Å². The van der Waals surface area contributed by atoms with Crippen LogP contribution >= 0.6 is 0 Å². The molecule has 0 amide bonds. The van der Waals surface area contributed by atoms with Gasteiger partial charge in [0.05, 0.1) is 23.4 Å². The molecule has 0 saturated carbocycles. The van der Waals surface area contributed by atoms with E-state index in [0.717, 1.165) is 16.6 Å². The Labute approximate surface area is 88.6 Å². The van der Waals surface area contributed by atoms with E-state index < -0.39 is 12.1 Å². The number of rotatable bonds is 2. The van der Waals surface area contributed by atoms with Crippen molar-refractivity contribution in [1.29, 1.82) is 0 Å². The van der Waals surface area contributed by atoms with Crippen LogP contribution in [0.4, 0.5) is 0 Å². The van der Waals surface area contributed by atoms with Crippen molar-refractivity contribution in [2.75, 3.05) is 0 Å². The molecule has 1 aromatic carbocycles. The molecule has 0 radical (unpaired) electrons. The predicted octanol–water partition coefficient (Wildman–Crippen LogP) is 1.62. The van der Waals surface area contributed by atoms with E-state index in [2.05, 4.69) is 4.98 Å². The molecule has 0 aliphatic rings. The van der Waals surface area contributed by atoms with Crippen LogP contribution in [0.15, 0.2) is 36.4 Å². The molecule has 78 valence electrons. The van der Waals surface area contributed by atoms with Crippen LogP contribution in [0.2, 0.25) is 0 Å². The highest BCUT2D eigenvalue weighted by molar-refractivity contribution is 5.78. The molecule has 3 nitrogen and oxygen atoms in total. The second-order valence-corrected chi connectivity index (χ2v) is 3.70. The summed E-state index contributed by atoms with van der Waals surface area (Å²) in [5, 5.41) is 10.5. The zero-order valence-corrected chi connectivity index (χ0v) is 8.59. The van der Waals surface area contributed by atoms with Crippen molar-refractivity contribution in [3.63, 3.8) is 0 Å². The smallest absolute Gasteiger partial charge is 0.0731 e. The largest absolute Gasteiger partial charge is 0.391 e. The SMILES string of the molecule is CC(O)[C@@H](N)c1ccc2ccccc2n1. The molecule has 3 N–H and O–H groups in total. The van der Waals surface area contributed by atoms with Crippen LogP contribution < -0.4 is 5.73 Å². The Morgan fingerprint density at radius 1 is 1.20 bits per heavy atom. The maximum atomic E-state index is 9.38. The van der Waals surface area contributed by atoms with Gasteiger partial charge in [-0.3, -0.25) is 4.98 Å². The molecular weight excluding hydrogens is 188 g/mol. The molecule has 1 heterocycles. The summed E-state index contributed by atoms with van der Waals surface area (Å²) in [6.45, 7) is 1.67. The fraction of sp³-hybridized carbons (Fsp3) is 0.250. The Kier molecular flexibility index (Phi) is 2.66. The van der Waals surface area contributed by atoms with Crippen molar-refractivity contribution in [3.05, 3.63) is 42.1 Å². The van der Waals surface area contributed by atoms with Crippen molar-refractivity contribution in [2.24, 2.45) is 5.73 Å². The molecule has 1 aromatic heterocycles. The molecule has 2 rings (SSSR count). The van der Waals surface area contributed by atoms with E-state index in [0.29, 0.717) is 0 Å². The first-order chi connectivity index (χ1) is 7.18. The van der Waals surface area contributed by atoms with Crippen LogP contribution in [-0.2, 0) is 0 Å². The number of para-hydroxylation sites is 1. The number of aromatic nitrogens is 1. The van der Waals surface area contributed by atoms with Gasteiger partial charge in [-0.1, -0.05) is 24.3 Å². The lowest BCUT2D eigenvalue weighted by Crippen LogP contribution is -2.24. The van der Waals surface area contributed by atoms with Crippen LogP contribution in [-0.4, -0.2) is 16.2 Å². The number of fused-ring (bicyclic) bond motifs is 1. The molecule has 0 aliphatic heterocycles. The van der Waals surface area contributed by atoms with Gasteiger partial charge in [-0.25, -0.2) is 0 Å². The van der Waals surface area contributed by atoms with Gasteiger partial charge in [0.2, 0.25) is 0 Å². The number of aliphatic hydroxyl groups is 1. The highest BCUT2D eigenvalue weighted by Gasteiger charge is 2.13. The van der Waals surface area contributed by atoms with Crippen LogP contribution in [0.25, 0.3) is 10.9 Å². The number of aliphatic hydroxyl groups excluding tert-OH is 1. The van der Waals surface area contributed by atoms with Crippen LogP contribution in [0.3, 0.4) is 0 Å². The van der Waals surface area contributed by atoms with Gasteiger partial charge in [0, 0.05) is 5.39 Å². The van der Waals surface area contributed by atoms with E-state index >= 15 is 0 Å². The summed E-state index contributed by atoms with van der Waals surface area (Å²) in [5.74, 6) is 0. The number of pyridine rings is 1. The van der Waals surface area contributed by atoms with Gasteiger partial charge in [0.25, 0.3) is 0 Å². The normalized spacial score (nSPS) is 15.1. The maximum absolute atomic E-state index is 9.38. The Morgan fingerprint density at radius 2 is 1.93 bits per heavy atom. The van der Waals surface area contributed by atoms with Crippen LogP contribution in [0.1, 0.15) is 18.7 Å². The van der Waals surface area contributed by atoms with E-state index in [1.165, 1.54) is 0 Å². The zero-order chi connectivity index (χ0) is 10.8. The summed E-state index contributed by atoms with van der Waals surface area (Å²) in [6.07, 6.45) is -0.585. The monoisotopic (exact) mass is 202 g/mol. The van der Waals surface area contributed by atoms with Crippen molar-refractivity contribution in [1.82, 2.24) is 4.98 Å². The molecule has 15 heavy (non-hydrogen) atoms. The Hall–Kier alpha value is -1.45. The summed E-state index contributed by atoms with van der Waals surface area (Å²) in [7, 11) is 0. The van der Waals surface area contributed by atoms with Crippen molar-refractivity contribution >= 4 is 10.9 Å². The predicted molar refractivity (Wildman–Crippen MR) is 60.4 cm³/mol. The summed E-state index contributed by atoms with van der Waals surface area (Å²) in [5.41, 5.74) is 7.45. The summed E-state index contributed by atoms with van der Waals surface area (Å²) in [6, 6.07) is 11.3. The fourth-order valence-corrected chi connectivity index (χ4v) is 1.51. The second-order valence-electron chi connectivity index (χ2n) is 3.70. The minimum Gasteiger partial charge on any atom is -0.391 e. The van der Waals surface area contributed by atoms with Gasteiger partial charge in [0.1, 0.15) is 0 Å². The Balaban J connectivity index is 2.47. The molecule has 0 spiro atoms. The lowest BCUT2D eigenvalue weighted by molar-refractivity contribution is 0.162. The Bertz CT molecular complexity index is 468. The number of nitrogens with zero attached hydrogens (tertiary/aromatic N) is 1. The van der Waals surface area contributed by atoms with Crippen molar-refractivity contribution < 1.29 is 5.11 Å². The third-order valence-electron chi connectivity index (χ3n) is 2.48. The minimum absolute atomic E-state index is 0.422. The summed E-state index contributed by atoms with van der Waals surface area (Å²) >= 11 is 0. The molecule has 2 atom stereocenters. The van der Waals surface area contributed by atoms with Gasteiger partial charge in [-0.2, -0.15) is 0 Å². The van der Waals surface area contributed by atoms with Crippen LogP contribution in [0, 0.1) is 0 Å². The standard InChI is InChI=1S/C12H14N2O/c1-8(15)12(13)11-7-6-9-4-2-3-5-10(9)14-11/h2-8,12,15H,13H2,1H3/t8?,12-/m1/s1. The van der Waals surface area contributed by atoms with Gasteiger partial charge in [0.15, 0.2) is 0 Å². The average Bonchev–Trinajstić information content (AvgIpc) is 2.27. The number of benzene rings is 1. The Morgan fingerprint density at radius 3 is 2.67 bits per heavy atom. The molecule has 2 aromatic rings. The quantitative estimate of drug-likeness (QED) is 0.778. The van der Waals surface area contributed by atoms with E-state index in [9.17, 15) is 5.11 Å². The highest BCUT2D eigenvalue weighted by Crippen LogP contribution is 2.17. The van der Waals surface area contributed by atoms with Gasteiger partial charge >= 0.3 is 0 Å². The number of nitrogens with two attached hydrogens (primary N) is 1. The third kappa shape index (κ3) is 1.98. The van der Waals surface area contributed by atoms with E-state index in [-0.39, 0.29) is 0 Å². The number of hydrogen-bond donors (Lipinski definition) is 2. The third-order valence-corrected chi connectivity index (χ3v) is 2.48. The molecular formula is C12H14N2O. The molecule has 0 fully saturated rings. The van der Waals surface area contributed by atoms with Gasteiger partial charge in [-0.15, -0.1) is 0 Å². The van der Waals surface area contributed by atoms with Crippen LogP contribution in [0.5, 0.6) is 0 Å². The molecule has 1 unspecified atom stereocenters. The molecule has 0 aliphatic carbocycles. The van der Waals surface area contributed by atoms with E-state index in [4.69, 9.17) is 5.73 Å². The first-order valence-corrected chi connectivity index (χ1v) is 4.98. The van der Waals surface area contributed by atoms with Crippen molar-refractivity contribution in [2.45, 2.75) is 19.1 Å². The second kappa shape index (κ2) is 3.96. The molecule has 3 heteroatoms. The lowest BCUT2D eigenvalue weighted by Gasteiger charge is -2.14. The molecule has 0 saturated heterocycles.